The molecule has 1 aliphatic rings. The molecule has 2 N–H and O–H groups in total. The van der Waals surface area contributed by atoms with E-state index in [-0.39, 0.29) is 0 Å². The number of hydrogen-bond acceptors (Lipinski definition) is 3. The third-order valence-corrected chi connectivity index (χ3v) is 3.07. The standard InChI is InChI=1S/C11H19NO3/c1-2-11(15)5-8-12(9-6-11)7-3-4-10(13)14/h3-4,15H,2,5-9H2,1H3,(H,13,14). The van der Waals surface area contributed by atoms with Crippen molar-refractivity contribution in [1.82, 2.24) is 4.90 Å². The Morgan fingerprint density at radius 1 is 1.47 bits per heavy atom. The number of rotatable bonds is 4. The van der Waals surface area contributed by atoms with Crippen LogP contribution in [0.15, 0.2) is 12.2 Å². The normalized spacial score (nSPS) is 22.0. The lowest BCUT2D eigenvalue weighted by molar-refractivity contribution is -0.131. The van der Waals surface area contributed by atoms with Crippen molar-refractivity contribution in [2.75, 3.05) is 19.6 Å². The van der Waals surface area contributed by atoms with Crippen molar-refractivity contribution in [2.45, 2.75) is 31.8 Å². The lowest BCUT2D eigenvalue weighted by Crippen LogP contribution is -2.43. The predicted octanol–water partition coefficient (Wildman–Crippen LogP) is 0.864. The quantitative estimate of drug-likeness (QED) is 0.680. The topological polar surface area (TPSA) is 60.8 Å². The third-order valence-electron chi connectivity index (χ3n) is 3.07. The molecule has 0 saturated carbocycles. The Balaban J connectivity index is 2.29. The van der Waals surface area contributed by atoms with Gasteiger partial charge in [-0.25, -0.2) is 4.79 Å². The number of likely N-dealkylation sites (tertiary alicyclic amines) is 1. The van der Waals surface area contributed by atoms with Crippen molar-refractivity contribution < 1.29 is 15.0 Å². The Labute approximate surface area is 90.2 Å². The van der Waals surface area contributed by atoms with E-state index in [1.54, 1.807) is 6.08 Å². The number of carboxylic acids is 1. The monoisotopic (exact) mass is 213 g/mol. The van der Waals surface area contributed by atoms with E-state index in [0.717, 1.165) is 32.4 Å². The first kappa shape index (κ1) is 12.2. The van der Waals surface area contributed by atoms with Gasteiger partial charge >= 0.3 is 5.97 Å². The smallest absolute Gasteiger partial charge is 0.328 e. The zero-order valence-electron chi connectivity index (χ0n) is 9.15. The first-order chi connectivity index (χ1) is 7.06. The van der Waals surface area contributed by atoms with Gasteiger partial charge in [0.25, 0.3) is 0 Å². The summed E-state index contributed by atoms with van der Waals surface area (Å²) < 4.78 is 0. The second kappa shape index (κ2) is 5.28. The number of aliphatic hydroxyl groups is 1. The van der Waals surface area contributed by atoms with E-state index in [1.165, 1.54) is 6.08 Å². The molecule has 0 radical (unpaired) electrons. The van der Waals surface area contributed by atoms with Crippen molar-refractivity contribution in [3.05, 3.63) is 12.2 Å². The van der Waals surface area contributed by atoms with Crippen LogP contribution in [0.25, 0.3) is 0 Å². The van der Waals surface area contributed by atoms with Crippen LogP contribution in [0.1, 0.15) is 26.2 Å². The van der Waals surface area contributed by atoms with E-state index in [9.17, 15) is 9.90 Å². The van der Waals surface area contributed by atoms with Gasteiger partial charge in [-0.3, -0.25) is 4.90 Å². The Morgan fingerprint density at radius 2 is 2.07 bits per heavy atom. The van der Waals surface area contributed by atoms with E-state index in [2.05, 4.69) is 4.90 Å². The molecule has 0 aliphatic carbocycles. The predicted molar refractivity (Wildman–Crippen MR) is 57.7 cm³/mol. The Bertz CT molecular complexity index is 242. The van der Waals surface area contributed by atoms with E-state index < -0.39 is 11.6 Å². The highest BCUT2D eigenvalue weighted by Crippen LogP contribution is 2.24. The van der Waals surface area contributed by atoms with E-state index in [1.807, 2.05) is 6.92 Å². The molecular weight excluding hydrogens is 194 g/mol. The van der Waals surface area contributed by atoms with Gasteiger partial charge in [0, 0.05) is 25.7 Å². The average molecular weight is 213 g/mol. The minimum absolute atomic E-state index is 0.493. The summed E-state index contributed by atoms with van der Waals surface area (Å²) in [6, 6.07) is 0. The highest BCUT2D eigenvalue weighted by atomic mass is 16.4. The molecule has 1 saturated heterocycles. The molecule has 4 heteroatoms. The Kier molecular flexibility index (Phi) is 4.29. The van der Waals surface area contributed by atoms with Crippen molar-refractivity contribution in [1.29, 1.82) is 0 Å². The van der Waals surface area contributed by atoms with E-state index in [0.29, 0.717) is 6.54 Å². The number of hydrogen-bond donors (Lipinski definition) is 2. The zero-order chi connectivity index (χ0) is 11.3. The van der Waals surface area contributed by atoms with Gasteiger partial charge in [0.15, 0.2) is 0 Å². The Hall–Kier alpha value is -0.870. The molecule has 0 amide bonds. The van der Waals surface area contributed by atoms with Crippen LogP contribution in [0, 0.1) is 0 Å². The molecule has 0 atom stereocenters. The maximum Gasteiger partial charge on any atom is 0.328 e. The van der Waals surface area contributed by atoms with Crippen LogP contribution in [0.2, 0.25) is 0 Å². The summed E-state index contributed by atoms with van der Waals surface area (Å²) in [5.74, 6) is -0.905. The second-order valence-electron chi connectivity index (χ2n) is 4.12. The fourth-order valence-electron chi connectivity index (χ4n) is 1.81. The van der Waals surface area contributed by atoms with Crippen LogP contribution in [-0.4, -0.2) is 46.3 Å². The van der Waals surface area contributed by atoms with E-state index in [4.69, 9.17) is 5.11 Å². The van der Waals surface area contributed by atoms with Crippen molar-refractivity contribution >= 4 is 5.97 Å². The molecule has 4 nitrogen and oxygen atoms in total. The molecule has 0 aromatic carbocycles. The number of piperidine rings is 1. The summed E-state index contributed by atoms with van der Waals surface area (Å²) in [5.41, 5.74) is -0.493. The fourth-order valence-corrected chi connectivity index (χ4v) is 1.81. The maximum atomic E-state index is 10.2. The molecule has 0 aromatic rings. The van der Waals surface area contributed by atoms with Crippen LogP contribution in [-0.2, 0) is 4.79 Å². The molecule has 0 unspecified atom stereocenters. The summed E-state index contributed by atoms with van der Waals surface area (Å²) in [5, 5.41) is 18.4. The summed E-state index contributed by atoms with van der Waals surface area (Å²) in [4.78, 5) is 12.4. The van der Waals surface area contributed by atoms with E-state index >= 15 is 0 Å². The summed E-state index contributed by atoms with van der Waals surface area (Å²) in [6.07, 6.45) is 5.18. The van der Waals surface area contributed by atoms with Crippen LogP contribution >= 0.6 is 0 Å². The highest BCUT2D eigenvalue weighted by molar-refractivity contribution is 5.79. The number of aliphatic carboxylic acids is 1. The molecule has 1 rings (SSSR count). The van der Waals surface area contributed by atoms with Gasteiger partial charge in [0.1, 0.15) is 0 Å². The van der Waals surface area contributed by atoms with Gasteiger partial charge in [-0.2, -0.15) is 0 Å². The Morgan fingerprint density at radius 3 is 2.53 bits per heavy atom. The SMILES string of the molecule is CCC1(O)CCN(CC=CC(=O)O)CC1. The third kappa shape index (κ3) is 4.01. The highest BCUT2D eigenvalue weighted by Gasteiger charge is 2.29. The number of carboxylic acid groups (broad SMARTS) is 1. The molecule has 86 valence electrons. The first-order valence-corrected chi connectivity index (χ1v) is 5.40. The van der Waals surface area contributed by atoms with Crippen molar-refractivity contribution in [3.63, 3.8) is 0 Å². The van der Waals surface area contributed by atoms with Crippen LogP contribution in [0.5, 0.6) is 0 Å². The van der Waals surface area contributed by atoms with Crippen molar-refractivity contribution in [2.24, 2.45) is 0 Å². The van der Waals surface area contributed by atoms with Gasteiger partial charge in [-0.05, 0) is 19.3 Å². The first-order valence-electron chi connectivity index (χ1n) is 5.40. The van der Waals surface area contributed by atoms with Gasteiger partial charge in [-0.1, -0.05) is 13.0 Å². The molecule has 0 aromatic heterocycles. The maximum absolute atomic E-state index is 10.2. The minimum atomic E-state index is -0.905. The largest absolute Gasteiger partial charge is 0.478 e. The van der Waals surface area contributed by atoms with Crippen LogP contribution in [0.3, 0.4) is 0 Å². The lowest BCUT2D eigenvalue weighted by atomic mass is 9.89. The van der Waals surface area contributed by atoms with Crippen LogP contribution < -0.4 is 0 Å². The molecule has 1 heterocycles. The van der Waals surface area contributed by atoms with Gasteiger partial charge in [0.05, 0.1) is 5.60 Å². The minimum Gasteiger partial charge on any atom is -0.478 e. The van der Waals surface area contributed by atoms with Gasteiger partial charge < -0.3 is 10.2 Å². The van der Waals surface area contributed by atoms with Gasteiger partial charge in [0.2, 0.25) is 0 Å². The number of nitrogens with zero attached hydrogens (tertiary/aromatic N) is 1. The average Bonchev–Trinajstić information content (AvgIpc) is 2.21. The second-order valence-corrected chi connectivity index (χ2v) is 4.12. The van der Waals surface area contributed by atoms with Crippen molar-refractivity contribution in [3.8, 4) is 0 Å². The summed E-state index contributed by atoms with van der Waals surface area (Å²) in [7, 11) is 0. The molecule has 15 heavy (non-hydrogen) atoms. The number of carbonyl (C=O) groups is 1. The fraction of sp³-hybridized carbons (Fsp3) is 0.727. The van der Waals surface area contributed by atoms with Gasteiger partial charge in [-0.15, -0.1) is 0 Å². The zero-order valence-corrected chi connectivity index (χ0v) is 9.15. The molecule has 1 fully saturated rings. The molecule has 0 spiro atoms. The summed E-state index contributed by atoms with van der Waals surface area (Å²) in [6.45, 7) is 4.34. The molecule has 0 bridgehead atoms. The van der Waals surface area contributed by atoms with Crippen LogP contribution in [0.4, 0.5) is 0 Å². The molecule has 1 aliphatic heterocycles. The molecular formula is C11H19NO3. The summed E-state index contributed by atoms with van der Waals surface area (Å²) >= 11 is 0. The lowest BCUT2D eigenvalue weighted by Gasteiger charge is -2.37.